The van der Waals surface area contributed by atoms with Gasteiger partial charge in [0.05, 0.1) is 4.34 Å². The van der Waals surface area contributed by atoms with Crippen molar-refractivity contribution in [2.75, 3.05) is 29.9 Å². The first-order valence-electron chi connectivity index (χ1n) is 9.88. The van der Waals surface area contributed by atoms with Crippen molar-refractivity contribution in [1.29, 1.82) is 0 Å². The Hall–Kier alpha value is -1.61. The minimum absolute atomic E-state index is 0.174. The third kappa shape index (κ3) is 4.45. The highest BCUT2D eigenvalue weighted by molar-refractivity contribution is 7.91. The van der Waals surface area contributed by atoms with Gasteiger partial charge in [0, 0.05) is 31.0 Å². The van der Waals surface area contributed by atoms with Crippen molar-refractivity contribution in [1.82, 2.24) is 4.31 Å². The standard InChI is InChI=1S/C20H24ClN3O3S2/c21-18-10-11-19(28-18)29(26,27)24-14-4-5-17(24)20(25)22-15-6-8-16(9-7-15)23-12-2-1-3-13-23/h6-11,17H,1-5,12-14H2,(H,22,25). The van der Waals surface area contributed by atoms with Crippen molar-refractivity contribution in [2.45, 2.75) is 42.4 Å². The molecule has 1 unspecified atom stereocenters. The van der Waals surface area contributed by atoms with Crippen molar-refractivity contribution in [2.24, 2.45) is 0 Å². The Morgan fingerprint density at radius 1 is 1.00 bits per heavy atom. The van der Waals surface area contributed by atoms with Crippen LogP contribution >= 0.6 is 22.9 Å². The minimum Gasteiger partial charge on any atom is -0.372 e. The zero-order valence-electron chi connectivity index (χ0n) is 16.0. The summed E-state index contributed by atoms with van der Waals surface area (Å²) in [7, 11) is -3.73. The van der Waals surface area contributed by atoms with Crippen molar-refractivity contribution < 1.29 is 13.2 Å². The summed E-state index contributed by atoms with van der Waals surface area (Å²) in [6.45, 7) is 2.46. The fraction of sp³-hybridized carbons (Fsp3) is 0.450. The first-order chi connectivity index (χ1) is 13.9. The lowest BCUT2D eigenvalue weighted by Crippen LogP contribution is -2.42. The van der Waals surface area contributed by atoms with Crippen LogP contribution < -0.4 is 10.2 Å². The first kappa shape index (κ1) is 20.7. The van der Waals surface area contributed by atoms with Crippen LogP contribution in [0.1, 0.15) is 32.1 Å². The van der Waals surface area contributed by atoms with Gasteiger partial charge in [0.15, 0.2) is 0 Å². The number of piperidine rings is 1. The van der Waals surface area contributed by atoms with Crippen molar-refractivity contribution >= 4 is 50.2 Å². The molecule has 0 radical (unpaired) electrons. The van der Waals surface area contributed by atoms with Gasteiger partial charge >= 0.3 is 0 Å². The SMILES string of the molecule is O=C(Nc1ccc(N2CCCCC2)cc1)C1CCCN1S(=O)(=O)c1ccc(Cl)s1. The molecular formula is C20H24ClN3O3S2. The normalized spacial score (nSPS) is 20.7. The maximum Gasteiger partial charge on any atom is 0.253 e. The van der Waals surface area contributed by atoms with Crippen molar-refractivity contribution in [3.8, 4) is 0 Å². The lowest BCUT2D eigenvalue weighted by molar-refractivity contribution is -0.119. The second kappa shape index (κ2) is 8.63. The van der Waals surface area contributed by atoms with Gasteiger partial charge in [-0.15, -0.1) is 11.3 Å². The number of nitrogens with zero attached hydrogens (tertiary/aromatic N) is 2. The van der Waals surface area contributed by atoms with Gasteiger partial charge in [-0.05, 0) is 68.5 Å². The smallest absolute Gasteiger partial charge is 0.253 e. The van der Waals surface area contributed by atoms with Crippen molar-refractivity contribution in [3.05, 3.63) is 40.7 Å². The zero-order chi connectivity index (χ0) is 20.4. The van der Waals surface area contributed by atoms with E-state index in [0.717, 1.165) is 30.1 Å². The monoisotopic (exact) mass is 453 g/mol. The molecule has 1 atom stereocenters. The van der Waals surface area contributed by atoms with Crippen LogP contribution in [0.15, 0.2) is 40.6 Å². The van der Waals surface area contributed by atoms with E-state index in [0.29, 0.717) is 29.4 Å². The predicted octanol–water partition coefficient (Wildman–Crippen LogP) is 4.18. The quantitative estimate of drug-likeness (QED) is 0.737. The number of carbonyl (C=O) groups is 1. The van der Waals surface area contributed by atoms with Gasteiger partial charge in [0.1, 0.15) is 10.3 Å². The van der Waals surface area contributed by atoms with Crippen LogP contribution in [-0.2, 0) is 14.8 Å². The molecule has 1 aromatic heterocycles. The average Bonchev–Trinajstić information content (AvgIpc) is 3.39. The van der Waals surface area contributed by atoms with Crippen LogP contribution in [-0.4, -0.2) is 44.3 Å². The van der Waals surface area contributed by atoms with Gasteiger partial charge in [-0.25, -0.2) is 8.42 Å². The summed E-state index contributed by atoms with van der Waals surface area (Å²) >= 11 is 6.91. The van der Waals surface area contributed by atoms with E-state index in [1.165, 1.54) is 29.6 Å². The molecule has 9 heteroatoms. The van der Waals surface area contributed by atoms with Crippen molar-refractivity contribution in [3.63, 3.8) is 0 Å². The van der Waals surface area contributed by atoms with E-state index in [4.69, 9.17) is 11.6 Å². The highest BCUT2D eigenvalue weighted by Gasteiger charge is 2.40. The molecule has 0 saturated carbocycles. The third-order valence-corrected chi connectivity index (χ3v) is 9.08. The zero-order valence-corrected chi connectivity index (χ0v) is 18.4. The minimum atomic E-state index is -3.73. The number of nitrogens with one attached hydrogen (secondary N) is 1. The van der Waals surface area contributed by atoms with Gasteiger partial charge in [-0.1, -0.05) is 11.6 Å². The second-order valence-corrected chi connectivity index (χ2v) is 11.2. The van der Waals surface area contributed by atoms with Crippen LogP contribution in [0.25, 0.3) is 0 Å². The fourth-order valence-corrected chi connectivity index (χ4v) is 7.24. The summed E-state index contributed by atoms with van der Waals surface area (Å²) in [5.41, 5.74) is 1.83. The first-order valence-corrected chi connectivity index (χ1v) is 12.5. The van der Waals surface area contributed by atoms with E-state index in [-0.39, 0.29) is 10.1 Å². The van der Waals surface area contributed by atoms with E-state index in [2.05, 4.69) is 10.2 Å². The molecule has 1 N–H and O–H groups in total. The molecular weight excluding hydrogens is 430 g/mol. The molecule has 4 rings (SSSR count). The summed E-state index contributed by atoms with van der Waals surface area (Å²) in [5, 5.41) is 2.89. The maximum atomic E-state index is 12.9. The largest absolute Gasteiger partial charge is 0.372 e. The molecule has 1 amide bonds. The van der Waals surface area contributed by atoms with Gasteiger partial charge in [-0.2, -0.15) is 4.31 Å². The summed E-state index contributed by atoms with van der Waals surface area (Å²) in [4.78, 5) is 15.2. The van der Waals surface area contributed by atoms with Crippen LogP contribution in [0.5, 0.6) is 0 Å². The fourth-order valence-electron chi connectivity index (χ4n) is 3.98. The molecule has 2 fully saturated rings. The number of thiophene rings is 1. The average molecular weight is 454 g/mol. The highest BCUT2D eigenvalue weighted by atomic mass is 35.5. The number of benzene rings is 1. The summed E-state index contributed by atoms with van der Waals surface area (Å²) in [6, 6.07) is 10.1. The van der Waals surface area contributed by atoms with E-state index < -0.39 is 16.1 Å². The summed E-state index contributed by atoms with van der Waals surface area (Å²) in [6.07, 6.45) is 4.86. The number of amides is 1. The molecule has 3 heterocycles. The van der Waals surface area contributed by atoms with Crippen LogP contribution in [0.2, 0.25) is 4.34 Å². The predicted molar refractivity (Wildman–Crippen MR) is 117 cm³/mol. The number of halogens is 1. The van der Waals surface area contributed by atoms with E-state index in [1.54, 1.807) is 6.07 Å². The maximum absolute atomic E-state index is 12.9. The Bertz CT molecular complexity index is 969. The van der Waals surface area contributed by atoms with Gasteiger partial charge in [0.25, 0.3) is 10.0 Å². The molecule has 1 aromatic carbocycles. The number of sulfonamides is 1. The second-order valence-electron chi connectivity index (χ2n) is 7.42. The number of rotatable bonds is 5. The Labute approximate surface area is 180 Å². The van der Waals surface area contributed by atoms with Gasteiger partial charge in [0.2, 0.25) is 5.91 Å². The molecule has 2 saturated heterocycles. The Morgan fingerprint density at radius 3 is 2.38 bits per heavy atom. The van der Waals surface area contributed by atoms with E-state index in [9.17, 15) is 13.2 Å². The van der Waals surface area contributed by atoms with Crippen LogP contribution in [0.3, 0.4) is 0 Å². The summed E-state index contributed by atoms with van der Waals surface area (Å²) in [5.74, 6) is -0.292. The molecule has 2 aromatic rings. The lowest BCUT2D eigenvalue weighted by Gasteiger charge is -2.29. The molecule has 0 spiro atoms. The van der Waals surface area contributed by atoms with Crippen LogP contribution in [0, 0.1) is 0 Å². The Balaban J connectivity index is 1.44. The summed E-state index contributed by atoms with van der Waals surface area (Å²) < 4.78 is 27.7. The molecule has 156 valence electrons. The molecule has 29 heavy (non-hydrogen) atoms. The number of hydrogen-bond acceptors (Lipinski definition) is 5. The number of carbonyl (C=O) groups excluding carboxylic acids is 1. The number of hydrogen-bond donors (Lipinski definition) is 1. The molecule has 6 nitrogen and oxygen atoms in total. The van der Waals surface area contributed by atoms with E-state index in [1.807, 2.05) is 24.3 Å². The van der Waals surface area contributed by atoms with Gasteiger partial charge in [-0.3, -0.25) is 4.79 Å². The lowest BCUT2D eigenvalue weighted by atomic mass is 10.1. The Morgan fingerprint density at radius 2 is 1.72 bits per heavy atom. The Kier molecular flexibility index (Phi) is 6.15. The topological polar surface area (TPSA) is 69.7 Å². The van der Waals surface area contributed by atoms with E-state index >= 15 is 0 Å². The molecule has 0 aliphatic carbocycles. The third-order valence-electron chi connectivity index (χ3n) is 5.47. The molecule has 2 aliphatic rings. The van der Waals surface area contributed by atoms with Crippen LogP contribution in [0.4, 0.5) is 11.4 Å². The highest BCUT2D eigenvalue weighted by Crippen LogP contribution is 2.32. The van der Waals surface area contributed by atoms with Gasteiger partial charge < -0.3 is 10.2 Å². The number of anilines is 2. The molecule has 2 aliphatic heterocycles. The molecule has 0 bridgehead atoms.